The Balaban J connectivity index is 1.26. The second-order valence-electron chi connectivity index (χ2n) is 8.03. The summed E-state index contributed by atoms with van der Waals surface area (Å²) in [6.45, 7) is 4.89. The molecule has 162 valence electrons. The molecule has 3 fully saturated rings. The summed E-state index contributed by atoms with van der Waals surface area (Å²) in [5, 5.41) is 15.5. The number of carboxylic acids is 1. The van der Waals surface area contributed by atoms with E-state index in [0.717, 1.165) is 64.2 Å². The van der Waals surface area contributed by atoms with Gasteiger partial charge in [0.2, 0.25) is 0 Å². The quantitative estimate of drug-likeness (QED) is 0.542. The van der Waals surface area contributed by atoms with Crippen molar-refractivity contribution in [1.82, 2.24) is 15.4 Å². The molecule has 0 bridgehead atoms. The van der Waals surface area contributed by atoms with Gasteiger partial charge in [-0.05, 0) is 24.0 Å². The molecule has 8 nitrogen and oxygen atoms in total. The Morgan fingerprint density at radius 1 is 1.17 bits per heavy atom. The summed E-state index contributed by atoms with van der Waals surface area (Å²) in [4.78, 5) is 18.6. The van der Waals surface area contributed by atoms with Crippen LogP contribution in [-0.2, 0) is 14.4 Å². The van der Waals surface area contributed by atoms with Crippen LogP contribution in [0.25, 0.3) is 0 Å². The molecule has 1 aromatic rings. The van der Waals surface area contributed by atoms with Crippen LogP contribution in [0.4, 0.5) is 0 Å². The second kappa shape index (κ2) is 10.2. The first-order chi connectivity index (χ1) is 14.7. The van der Waals surface area contributed by atoms with Crippen LogP contribution >= 0.6 is 0 Å². The van der Waals surface area contributed by atoms with Crippen molar-refractivity contribution >= 4 is 12.2 Å². The normalized spacial score (nSPS) is 25.7. The number of likely N-dealkylation sites (tertiary alicyclic amines) is 1. The van der Waals surface area contributed by atoms with Gasteiger partial charge in [0, 0.05) is 19.5 Å². The van der Waals surface area contributed by atoms with Crippen LogP contribution in [0.5, 0.6) is 0 Å². The van der Waals surface area contributed by atoms with E-state index in [9.17, 15) is 4.79 Å². The van der Waals surface area contributed by atoms with Crippen LogP contribution < -0.4 is 5.48 Å². The molecule has 0 aromatic heterocycles. The van der Waals surface area contributed by atoms with E-state index in [-0.39, 0.29) is 18.7 Å². The Morgan fingerprint density at radius 2 is 1.90 bits per heavy atom. The first-order valence-electron chi connectivity index (χ1n) is 10.7. The van der Waals surface area contributed by atoms with Crippen molar-refractivity contribution in [2.75, 3.05) is 45.9 Å². The summed E-state index contributed by atoms with van der Waals surface area (Å²) in [6, 6.07) is 8.60. The van der Waals surface area contributed by atoms with Crippen molar-refractivity contribution in [3.05, 3.63) is 47.0 Å². The Bertz CT molecular complexity index is 764. The number of ether oxygens (including phenoxy) is 1. The number of carboxylic acid groups (broad SMARTS) is 1. The Morgan fingerprint density at radius 3 is 2.60 bits per heavy atom. The maximum Gasteiger partial charge on any atom is 0.317 e. The molecule has 3 heterocycles. The van der Waals surface area contributed by atoms with Crippen LogP contribution in [0.2, 0.25) is 0 Å². The van der Waals surface area contributed by atoms with E-state index >= 15 is 0 Å². The number of nitrogens with one attached hydrogen (secondary N) is 1. The van der Waals surface area contributed by atoms with Gasteiger partial charge in [-0.2, -0.15) is 10.6 Å². The molecule has 2 atom stereocenters. The van der Waals surface area contributed by atoms with Gasteiger partial charge >= 0.3 is 5.97 Å². The van der Waals surface area contributed by atoms with Crippen LogP contribution in [0.3, 0.4) is 0 Å². The average molecular weight is 415 g/mol. The molecule has 3 aliphatic heterocycles. The number of hydrazone groups is 1. The van der Waals surface area contributed by atoms with Crippen LogP contribution in [-0.4, -0.2) is 79.2 Å². The van der Waals surface area contributed by atoms with E-state index in [4.69, 9.17) is 14.7 Å². The Kier molecular flexibility index (Phi) is 7.11. The van der Waals surface area contributed by atoms with Crippen molar-refractivity contribution in [3.8, 4) is 0 Å². The highest BCUT2D eigenvalue weighted by Gasteiger charge is 2.26. The van der Waals surface area contributed by atoms with Crippen LogP contribution in [0, 0.1) is 0 Å². The molecule has 0 radical (unpaired) electrons. The molecular formula is C22H30N4O4. The summed E-state index contributed by atoms with van der Waals surface area (Å²) in [7, 11) is 0. The fourth-order valence-electron chi connectivity index (χ4n) is 4.06. The summed E-state index contributed by atoms with van der Waals surface area (Å²) in [5.41, 5.74) is 6.81. The lowest BCUT2D eigenvalue weighted by Gasteiger charge is -2.27. The third-order valence-electron chi connectivity index (χ3n) is 5.80. The standard InChI is InChI=1S/C22H30N4O4/c27-22(28)16-25-7-5-17(6-8-25)13-20-14-21(24-30-20)19-3-1-18(2-4-19)15-23-26-9-11-29-12-10-26/h1-4,13,15,20-21,24H,5-12,14,16H2,(H,27,28). The van der Waals surface area contributed by atoms with Gasteiger partial charge in [0.15, 0.2) is 0 Å². The predicted octanol–water partition coefficient (Wildman–Crippen LogP) is 1.79. The maximum atomic E-state index is 10.8. The number of hydrogen-bond acceptors (Lipinski definition) is 7. The van der Waals surface area contributed by atoms with Gasteiger partial charge in [0.05, 0.1) is 51.2 Å². The number of piperidine rings is 1. The highest BCUT2D eigenvalue weighted by atomic mass is 16.7. The fourth-order valence-corrected chi connectivity index (χ4v) is 4.06. The molecule has 0 aliphatic carbocycles. The average Bonchev–Trinajstić information content (AvgIpc) is 3.23. The molecule has 8 heteroatoms. The predicted molar refractivity (Wildman–Crippen MR) is 113 cm³/mol. The highest BCUT2D eigenvalue weighted by molar-refractivity contribution is 5.79. The number of carbonyl (C=O) groups is 1. The van der Waals surface area contributed by atoms with Crippen LogP contribution in [0.1, 0.15) is 36.4 Å². The largest absolute Gasteiger partial charge is 0.480 e. The number of rotatable bonds is 6. The minimum absolute atomic E-state index is 0.0542. The number of morpholine rings is 1. The minimum atomic E-state index is -0.757. The topological polar surface area (TPSA) is 86.6 Å². The van der Waals surface area contributed by atoms with E-state index in [1.165, 1.54) is 11.1 Å². The third-order valence-corrected chi connectivity index (χ3v) is 5.80. The van der Waals surface area contributed by atoms with Gasteiger partial charge in [-0.25, -0.2) is 0 Å². The maximum absolute atomic E-state index is 10.8. The van der Waals surface area contributed by atoms with E-state index in [1.807, 2.05) is 16.1 Å². The highest BCUT2D eigenvalue weighted by Crippen LogP contribution is 2.28. The van der Waals surface area contributed by atoms with Crippen molar-refractivity contribution in [3.63, 3.8) is 0 Å². The molecule has 4 rings (SSSR count). The Hall–Kier alpha value is -2.26. The third kappa shape index (κ3) is 5.89. The zero-order valence-electron chi connectivity index (χ0n) is 17.2. The van der Waals surface area contributed by atoms with Gasteiger partial charge < -0.3 is 9.84 Å². The molecule has 0 amide bonds. The van der Waals surface area contributed by atoms with Crippen molar-refractivity contribution < 1.29 is 19.5 Å². The number of aliphatic carboxylic acids is 1. The smallest absolute Gasteiger partial charge is 0.317 e. The first kappa shape index (κ1) is 21.0. The molecule has 1 aromatic carbocycles. The van der Waals surface area contributed by atoms with Crippen molar-refractivity contribution in [2.24, 2.45) is 5.10 Å². The van der Waals surface area contributed by atoms with Crippen molar-refractivity contribution in [2.45, 2.75) is 31.4 Å². The molecule has 2 unspecified atom stereocenters. The molecule has 2 N–H and O–H groups in total. The van der Waals surface area contributed by atoms with Gasteiger partial charge in [0.1, 0.15) is 0 Å². The van der Waals surface area contributed by atoms with Gasteiger partial charge in [0.25, 0.3) is 0 Å². The summed E-state index contributed by atoms with van der Waals surface area (Å²) < 4.78 is 5.34. The zero-order valence-corrected chi connectivity index (χ0v) is 17.2. The molecule has 0 spiro atoms. The molecular weight excluding hydrogens is 384 g/mol. The summed E-state index contributed by atoms with van der Waals surface area (Å²) >= 11 is 0. The minimum Gasteiger partial charge on any atom is -0.480 e. The molecule has 30 heavy (non-hydrogen) atoms. The van der Waals surface area contributed by atoms with Gasteiger partial charge in [-0.1, -0.05) is 35.9 Å². The van der Waals surface area contributed by atoms with Crippen LogP contribution in [0.15, 0.2) is 41.0 Å². The lowest BCUT2D eigenvalue weighted by Crippen LogP contribution is -2.35. The van der Waals surface area contributed by atoms with Gasteiger partial charge in [-0.15, -0.1) is 0 Å². The number of hydrogen-bond donors (Lipinski definition) is 2. The molecule has 3 saturated heterocycles. The monoisotopic (exact) mass is 414 g/mol. The number of hydroxylamine groups is 1. The molecule has 0 saturated carbocycles. The first-order valence-corrected chi connectivity index (χ1v) is 10.7. The van der Waals surface area contributed by atoms with E-state index < -0.39 is 5.97 Å². The SMILES string of the molecule is O=C(O)CN1CCC(=CC2CC(c3ccc(C=NN4CCOCC4)cc3)NO2)CC1. The Labute approximate surface area is 177 Å². The van der Waals surface area contributed by atoms with Crippen molar-refractivity contribution in [1.29, 1.82) is 0 Å². The lowest BCUT2D eigenvalue weighted by molar-refractivity contribution is -0.138. The molecule has 3 aliphatic rings. The summed E-state index contributed by atoms with van der Waals surface area (Å²) in [5.74, 6) is -0.757. The number of benzene rings is 1. The van der Waals surface area contributed by atoms with Gasteiger partial charge in [-0.3, -0.25) is 19.5 Å². The van der Waals surface area contributed by atoms with E-state index in [2.05, 4.69) is 40.9 Å². The zero-order chi connectivity index (χ0) is 20.8. The van der Waals surface area contributed by atoms with E-state index in [1.54, 1.807) is 0 Å². The lowest BCUT2D eigenvalue weighted by atomic mass is 9.97. The van der Waals surface area contributed by atoms with E-state index in [0.29, 0.717) is 0 Å². The number of nitrogens with zero attached hydrogens (tertiary/aromatic N) is 3. The fraction of sp³-hybridized carbons (Fsp3) is 0.545. The second-order valence-corrected chi connectivity index (χ2v) is 8.03. The summed E-state index contributed by atoms with van der Waals surface area (Å²) in [6.07, 6.45) is 6.89.